The molecule has 0 spiro atoms. The van der Waals surface area contributed by atoms with Gasteiger partial charge in [-0.2, -0.15) is 0 Å². The van der Waals surface area contributed by atoms with Crippen molar-refractivity contribution in [3.05, 3.63) is 35.9 Å². The molecule has 1 N–H and O–H groups in total. The standard InChI is InChI=1S/C14H17NO5/c1-10(16)15-8-13(20-11(2)17)14(18)19-9-12-6-4-3-5-7-12/h3-7,13H,8-9H2,1-2H3,(H,15,16). The Morgan fingerprint density at radius 2 is 1.80 bits per heavy atom. The number of esters is 2. The molecule has 0 aromatic heterocycles. The molecule has 0 heterocycles. The molecule has 0 saturated heterocycles. The zero-order chi connectivity index (χ0) is 15.0. The molecule has 1 aromatic carbocycles. The number of rotatable bonds is 6. The first-order chi connectivity index (χ1) is 9.49. The smallest absolute Gasteiger partial charge is 0.349 e. The predicted octanol–water partition coefficient (Wildman–Crippen LogP) is 0.798. The lowest BCUT2D eigenvalue weighted by molar-refractivity contribution is -0.167. The van der Waals surface area contributed by atoms with Crippen molar-refractivity contribution < 1.29 is 23.9 Å². The zero-order valence-corrected chi connectivity index (χ0v) is 11.4. The number of ether oxygens (including phenoxy) is 2. The fourth-order valence-corrected chi connectivity index (χ4v) is 1.43. The van der Waals surface area contributed by atoms with Crippen molar-refractivity contribution in [2.24, 2.45) is 0 Å². The molecular weight excluding hydrogens is 262 g/mol. The van der Waals surface area contributed by atoms with Crippen molar-refractivity contribution in [3.8, 4) is 0 Å². The number of carbonyl (C=O) groups is 3. The second-order valence-corrected chi connectivity index (χ2v) is 4.13. The van der Waals surface area contributed by atoms with Gasteiger partial charge in [-0.15, -0.1) is 0 Å². The van der Waals surface area contributed by atoms with E-state index in [9.17, 15) is 14.4 Å². The van der Waals surface area contributed by atoms with Gasteiger partial charge in [0, 0.05) is 13.8 Å². The lowest BCUT2D eigenvalue weighted by Crippen LogP contribution is -2.39. The van der Waals surface area contributed by atoms with E-state index >= 15 is 0 Å². The summed E-state index contributed by atoms with van der Waals surface area (Å²) in [7, 11) is 0. The minimum atomic E-state index is -1.14. The van der Waals surface area contributed by atoms with E-state index in [0.717, 1.165) is 5.56 Å². The lowest BCUT2D eigenvalue weighted by Gasteiger charge is -2.16. The average Bonchev–Trinajstić information content (AvgIpc) is 2.41. The molecule has 1 rings (SSSR count). The van der Waals surface area contributed by atoms with Crippen molar-refractivity contribution in [1.29, 1.82) is 0 Å². The number of carbonyl (C=O) groups excluding carboxylic acids is 3. The maximum Gasteiger partial charge on any atom is 0.349 e. The van der Waals surface area contributed by atoms with Gasteiger partial charge in [-0.25, -0.2) is 4.79 Å². The molecule has 1 atom stereocenters. The van der Waals surface area contributed by atoms with Crippen LogP contribution >= 0.6 is 0 Å². The molecule has 0 bridgehead atoms. The summed E-state index contributed by atoms with van der Waals surface area (Å²) in [6, 6.07) is 9.11. The van der Waals surface area contributed by atoms with Crippen LogP contribution in [0.15, 0.2) is 30.3 Å². The third kappa shape index (κ3) is 5.99. The molecule has 108 valence electrons. The van der Waals surface area contributed by atoms with Crippen molar-refractivity contribution in [3.63, 3.8) is 0 Å². The highest BCUT2D eigenvalue weighted by Crippen LogP contribution is 2.03. The van der Waals surface area contributed by atoms with Crippen LogP contribution in [-0.2, 0) is 30.5 Å². The second-order valence-electron chi connectivity index (χ2n) is 4.13. The topological polar surface area (TPSA) is 81.7 Å². The Labute approximate surface area is 117 Å². The van der Waals surface area contributed by atoms with Gasteiger partial charge in [0.1, 0.15) is 6.61 Å². The molecule has 1 unspecified atom stereocenters. The van der Waals surface area contributed by atoms with E-state index in [-0.39, 0.29) is 19.1 Å². The van der Waals surface area contributed by atoms with Gasteiger partial charge in [-0.1, -0.05) is 30.3 Å². The van der Waals surface area contributed by atoms with E-state index in [0.29, 0.717) is 0 Å². The highest BCUT2D eigenvalue weighted by molar-refractivity contribution is 5.80. The first-order valence-electron chi connectivity index (χ1n) is 6.11. The van der Waals surface area contributed by atoms with Gasteiger partial charge in [0.2, 0.25) is 12.0 Å². The summed E-state index contributed by atoms with van der Waals surface area (Å²) in [6.45, 7) is 2.46. The Morgan fingerprint density at radius 1 is 1.15 bits per heavy atom. The monoisotopic (exact) mass is 279 g/mol. The van der Waals surface area contributed by atoms with Gasteiger partial charge in [-0.3, -0.25) is 9.59 Å². The van der Waals surface area contributed by atoms with Gasteiger partial charge in [-0.05, 0) is 5.56 Å². The quantitative estimate of drug-likeness (QED) is 0.779. The fourth-order valence-electron chi connectivity index (χ4n) is 1.43. The van der Waals surface area contributed by atoms with Crippen LogP contribution in [0.3, 0.4) is 0 Å². The fraction of sp³-hybridized carbons (Fsp3) is 0.357. The maximum atomic E-state index is 11.8. The maximum absolute atomic E-state index is 11.8. The lowest BCUT2D eigenvalue weighted by atomic mass is 10.2. The summed E-state index contributed by atoms with van der Waals surface area (Å²) >= 11 is 0. The third-order valence-electron chi connectivity index (χ3n) is 2.33. The van der Waals surface area contributed by atoms with Crippen molar-refractivity contribution >= 4 is 17.8 Å². The number of hydrogen-bond donors (Lipinski definition) is 1. The van der Waals surface area contributed by atoms with Crippen LogP contribution in [0.4, 0.5) is 0 Å². The van der Waals surface area contributed by atoms with E-state index in [1.165, 1.54) is 13.8 Å². The van der Waals surface area contributed by atoms with E-state index in [2.05, 4.69) is 5.32 Å². The number of amides is 1. The molecule has 20 heavy (non-hydrogen) atoms. The summed E-state index contributed by atoms with van der Waals surface area (Å²) in [5, 5.41) is 2.41. The number of nitrogens with one attached hydrogen (secondary N) is 1. The summed E-state index contributed by atoms with van der Waals surface area (Å²) < 4.78 is 9.88. The van der Waals surface area contributed by atoms with E-state index in [1.807, 2.05) is 30.3 Å². The van der Waals surface area contributed by atoms with Gasteiger partial charge in [0.15, 0.2) is 0 Å². The summed E-state index contributed by atoms with van der Waals surface area (Å²) in [5.41, 5.74) is 0.821. The Kier molecular flexibility index (Phi) is 6.22. The molecule has 1 amide bonds. The molecule has 0 aliphatic rings. The Balaban J connectivity index is 2.53. The zero-order valence-electron chi connectivity index (χ0n) is 11.4. The molecule has 1 aromatic rings. The molecule has 0 aliphatic heterocycles. The first kappa shape index (κ1) is 15.7. The molecule has 0 aliphatic carbocycles. The Morgan fingerprint density at radius 3 is 2.35 bits per heavy atom. The van der Waals surface area contributed by atoms with Crippen molar-refractivity contribution in [2.45, 2.75) is 26.6 Å². The third-order valence-corrected chi connectivity index (χ3v) is 2.33. The van der Waals surface area contributed by atoms with Crippen LogP contribution in [0.2, 0.25) is 0 Å². The van der Waals surface area contributed by atoms with Crippen LogP contribution in [0.1, 0.15) is 19.4 Å². The van der Waals surface area contributed by atoms with Gasteiger partial charge in [0.05, 0.1) is 6.54 Å². The molecule has 6 nitrogen and oxygen atoms in total. The van der Waals surface area contributed by atoms with Crippen LogP contribution < -0.4 is 5.32 Å². The Hall–Kier alpha value is -2.37. The highest BCUT2D eigenvalue weighted by atomic mass is 16.6. The molecule has 0 radical (unpaired) electrons. The van der Waals surface area contributed by atoms with Crippen molar-refractivity contribution in [1.82, 2.24) is 5.32 Å². The van der Waals surface area contributed by atoms with Crippen LogP contribution in [0.25, 0.3) is 0 Å². The molecule has 0 saturated carbocycles. The molecule has 6 heteroatoms. The van der Waals surface area contributed by atoms with Gasteiger partial charge >= 0.3 is 11.9 Å². The van der Waals surface area contributed by atoms with Crippen LogP contribution in [0, 0.1) is 0 Å². The highest BCUT2D eigenvalue weighted by Gasteiger charge is 2.23. The summed E-state index contributed by atoms with van der Waals surface area (Å²) in [6.07, 6.45) is -1.14. The minimum Gasteiger partial charge on any atom is -0.458 e. The predicted molar refractivity (Wildman–Crippen MR) is 70.5 cm³/mol. The first-order valence-corrected chi connectivity index (χ1v) is 6.11. The minimum absolute atomic E-state index is 0.0809. The number of benzene rings is 1. The summed E-state index contributed by atoms with van der Waals surface area (Å²) in [5.74, 6) is -1.63. The largest absolute Gasteiger partial charge is 0.458 e. The normalized spacial score (nSPS) is 11.3. The van der Waals surface area contributed by atoms with Gasteiger partial charge < -0.3 is 14.8 Å². The molecule has 0 fully saturated rings. The molecular formula is C14H17NO5. The van der Waals surface area contributed by atoms with Crippen LogP contribution in [-0.4, -0.2) is 30.5 Å². The Bertz CT molecular complexity index is 472. The van der Waals surface area contributed by atoms with E-state index < -0.39 is 18.0 Å². The SMILES string of the molecule is CC(=O)NCC(OC(C)=O)C(=O)OCc1ccccc1. The van der Waals surface area contributed by atoms with E-state index in [4.69, 9.17) is 9.47 Å². The summed E-state index contributed by atoms with van der Waals surface area (Å²) in [4.78, 5) is 33.6. The van der Waals surface area contributed by atoms with E-state index in [1.54, 1.807) is 0 Å². The number of hydrogen-bond acceptors (Lipinski definition) is 5. The van der Waals surface area contributed by atoms with Crippen LogP contribution in [0.5, 0.6) is 0 Å². The van der Waals surface area contributed by atoms with Gasteiger partial charge in [0.25, 0.3) is 0 Å². The average molecular weight is 279 g/mol. The second kappa shape index (κ2) is 7.93. The van der Waals surface area contributed by atoms with Crippen molar-refractivity contribution in [2.75, 3.05) is 6.54 Å².